The number of hydrogen-bond donors (Lipinski definition) is 1. The Balaban J connectivity index is 2.09. The summed E-state index contributed by atoms with van der Waals surface area (Å²) in [6, 6.07) is 8.14. The van der Waals surface area contributed by atoms with Crippen molar-refractivity contribution >= 4 is 0 Å². The normalized spacial score (nSPS) is 25.0. The van der Waals surface area contributed by atoms with Crippen LogP contribution in [0.25, 0.3) is 0 Å². The van der Waals surface area contributed by atoms with Crippen LogP contribution in [0.5, 0.6) is 0 Å². The number of aliphatic hydroxyl groups excluding tert-OH is 1. The number of rotatable bonds is 3. The van der Waals surface area contributed by atoms with Crippen LogP contribution in [-0.4, -0.2) is 18.8 Å². The maximum absolute atomic E-state index is 10.0. The summed E-state index contributed by atoms with van der Waals surface area (Å²) in [6.45, 7) is 0.732. The van der Waals surface area contributed by atoms with Crippen molar-refractivity contribution < 1.29 is 9.84 Å². The smallest absolute Gasteiger partial charge is 0.0824 e. The molecule has 0 aliphatic heterocycles. The SMILES string of the molecule is COCCC1Cc2ccccc2C1O. The van der Waals surface area contributed by atoms with Crippen molar-refractivity contribution in [3.05, 3.63) is 35.4 Å². The fraction of sp³-hybridized carbons (Fsp3) is 0.500. The van der Waals surface area contributed by atoms with Gasteiger partial charge < -0.3 is 9.84 Å². The van der Waals surface area contributed by atoms with E-state index < -0.39 is 0 Å². The maximum atomic E-state index is 10.0. The lowest BCUT2D eigenvalue weighted by Gasteiger charge is -2.13. The average molecular weight is 192 g/mol. The van der Waals surface area contributed by atoms with Crippen LogP contribution >= 0.6 is 0 Å². The predicted octanol–water partition coefficient (Wildman–Crippen LogP) is 1.93. The predicted molar refractivity (Wildman–Crippen MR) is 55.1 cm³/mol. The second-order valence-electron chi connectivity index (χ2n) is 3.89. The van der Waals surface area contributed by atoms with Gasteiger partial charge in [0.25, 0.3) is 0 Å². The third-order valence-electron chi connectivity index (χ3n) is 3.00. The summed E-state index contributed by atoms with van der Waals surface area (Å²) < 4.78 is 5.04. The molecule has 1 N–H and O–H groups in total. The third kappa shape index (κ3) is 1.68. The number of methoxy groups -OCH3 is 1. The maximum Gasteiger partial charge on any atom is 0.0824 e. The molecule has 0 radical (unpaired) electrons. The summed E-state index contributed by atoms with van der Waals surface area (Å²) in [4.78, 5) is 0. The lowest BCUT2D eigenvalue weighted by molar-refractivity contribution is 0.0923. The van der Waals surface area contributed by atoms with Gasteiger partial charge in [-0.15, -0.1) is 0 Å². The van der Waals surface area contributed by atoms with E-state index >= 15 is 0 Å². The monoisotopic (exact) mass is 192 g/mol. The molecule has 2 heteroatoms. The first-order valence-corrected chi connectivity index (χ1v) is 5.07. The molecule has 0 amide bonds. The van der Waals surface area contributed by atoms with Crippen molar-refractivity contribution in [3.8, 4) is 0 Å². The number of benzene rings is 1. The van der Waals surface area contributed by atoms with E-state index in [0.29, 0.717) is 5.92 Å². The lowest BCUT2D eigenvalue weighted by Crippen LogP contribution is -2.09. The van der Waals surface area contributed by atoms with Gasteiger partial charge in [-0.3, -0.25) is 0 Å². The second-order valence-corrected chi connectivity index (χ2v) is 3.89. The molecular weight excluding hydrogens is 176 g/mol. The van der Waals surface area contributed by atoms with Crippen molar-refractivity contribution in [2.45, 2.75) is 18.9 Å². The van der Waals surface area contributed by atoms with E-state index in [2.05, 4.69) is 6.07 Å². The van der Waals surface area contributed by atoms with E-state index in [4.69, 9.17) is 4.74 Å². The fourth-order valence-electron chi connectivity index (χ4n) is 2.19. The van der Waals surface area contributed by atoms with Crippen LogP contribution in [0.4, 0.5) is 0 Å². The van der Waals surface area contributed by atoms with Crippen molar-refractivity contribution in [2.75, 3.05) is 13.7 Å². The average Bonchev–Trinajstić information content (AvgIpc) is 2.54. The minimum Gasteiger partial charge on any atom is -0.388 e. The molecule has 1 aromatic rings. The molecule has 0 bridgehead atoms. The molecule has 76 valence electrons. The van der Waals surface area contributed by atoms with E-state index in [0.717, 1.165) is 25.0 Å². The Labute approximate surface area is 84.5 Å². The van der Waals surface area contributed by atoms with Gasteiger partial charge in [-0.25, -0.2) is 0 Å². The highest BCUT2D eigenvalue weighted by Gasteiger charge is 2.29. The van der Waals surface area contributed by atoms with Crippen LogP contribution in [0, 0.1) is 5.92 Å². The Bertz CT molecular complexity index is 309. The van der Waals surface area contributed by atoms with Crippen molar-refractivity contribution in [2.24, 2.45) is 5.92 Å². The molecule has 0 fully saturated rings. The van der Waals surface area contributed by atoms with Crippen molar-refractivity contribution in [1.82, 2.24) is 0 Å². The molecule has 14 heavy (non-hydrogen) atoms. The molecule has 1 aliphatic carbocycles. The molecule has 1 aliphatic rings. The van der Waals surface area contributed by atoms with E-state index in [1.807, 2.05) is 18.2 Å². The van der Waals surface area contributed by atoms with Crippen molar-refractivity contribution in [3.63, 3.8) is 0 Å². The van der Waals surface area contributed by atoms with Gasteiger partial charge in [0, 0.05) is 13.7 Å². The van der Waals surface area contributed by atoms with E-state index in [1.54, 1.807) is 7.11 Å². The van der Waals surface area contributed by atoms with Crippen LogP contribution in [0.15, 0.2) is 24.3 Å². The van der Waals surface area contributed by atoms with E-state index in [-0.39, 0.29) is 6.10 Å². The highest BCUT2D eigenvalue weighted by molar-refractivity contribution is 5.34. The van der Waals surface area contributed by atoms with Crippen LogP contribution < -0.4 is 0 Å². The van der Waals surface area contributed by atoms with Gasteiger partial charge in [0.2, 0.25) is 0 Å². The summed E-state index contributed by atoms with van der Waals surface area (Å²) in [6.07, 6.45) is 1.63. The van der Waals surface area contributed by atoms with Gasteiger partial charge in [0.15, 0.2) is 0 Å². The number of hydrogen-bond acceptors (Lipinski definition) is 2. The lowest BCUT2D eigenvalue weighted by atomic mass is 10.0. The molecule has 0 saturated heterocycles. The molecule has 2 rings (SSSR count). The molecule has 2 atom stereocenters. The highest BCUT2D eigenvalue weighted by atomic mass is 16.5. The molecule has 2 nitrogen and oxygen atoms in total. The Hall–Kier alpha value is -0.860. The number of ether oxygens (including phenoxy) is 1. The van der Waals surface area contributed by atoms with E-state index in [9.17, 15) is 5.11 Å². The Morgan fingerprint density at radius 3 is 2.93 bits per heavy atom. The topological polar surface area (TPSA) is 29.5 Å². The summed E-state index contributed by atoms with van der Waals surface area (Å²) in [5.74, 6) is 0.340. The van der Waals surface area contributed by atoms with Crippen molar-refractivity contribution in [1.29, 1.82) is 0 Å². The molecule has 1 aromatic carbocycles. The quantitative estimate of drug-likeness (QED) is 0.793. The van der Waals surface area contributed by atoms with E-state index in [1.165, 1.54) is 5.56 Å². The molecule has 2 unspecified atom stereocenters. The highest BCUT2D eigenvalue weighted by Crippen LogP contribution is 2.37. The zero-order chi connectivity index (χ0) is 9.97. The van der Waals surface area contributed by atoms with Gasteiger partial charge in [-0.2, -0.15) is 0 Å². The summed E-state index contributed by atoms with van der Waals surface area (Å²) in [5, 5.41) is 10.0. The summed E-state index contributed by atoms with van der Waals surface area (Å²) in [5.41, 5.74) is 2.40. The van der Waals surface area contributed by atoms with Gasteiger partial charge in [-0.1, -0.05) is 24.3 Å². The van der Waals surface area contributed by atoms with Gasteiger partial charge in [0.1, 0.15) is 0 Å². The molecular formula is C12H16O2. The molecule has 0 saturated carbocycles. The zero-order valence-corrected chi connectivity index (χ0v) is 8.44. The number of fused-ring (bicyclic) bond motifs is 1. The van der Waals surface area contributed by atoms with Crippen LogP contribution in [0.1, 0.15) is 23.7 Å². The van der Waals surface area contributed by atoms with Crippen LogP contribution in [0.2, 0.25) is 0 Å². The fourth-order valence-corrected chi connectivity index (χ4v) is 2.19. The largest absolute Gasteiger partial charge is 0.388 e. The van der Waals surface area contributed by atoms with Crippen LogP contribution in [-0.2, 0) is 11.2 Å². The first kappa shape index (κ1) is 9.69. The van der Waals surface area contributed by atoms with Crippen LogP contribution in [0.3, 0.4) is 0 Å². The Morgan fingerprint density at radius 1 is 1.43 bits per heavy atom. The Morgan fingerprint density at radius 2 is 2.21 bits per heavy atom. The summed E-state index contributed by atoms with van der Waals surface area (Å²) >= 11 is 0. The third-order valence-corrected chi connectivity index (χ3v) is 3.00. The first-order chi connectivity index (χ1) is 6.83. The Kier molecular flexibility index (Phi) is 2.85. The first-order valence-electron chi connectivity index (χ1n) is 5.07. The second kappa shape index (κ2) is 4.11. The van der Waals surface area contributed by atoms with Gasteiger partial charge >= 0.3 is 0 Å². The summed E-state index contributed by atoms with van der Waals surface area (Å²) in [7, 11) is 1.70. The minimum atomic E-state index is -0.290. The van der Waals surface area contributed by atoms with Gasteiger partial charge in [-0.05, 0) is 29.9 Å². The standard InChI is InChI=1S/C12H16O2/c1-14-7-6-10-8-9-4-2-3-5-11(9)12(10)13/h2-5,10,12-13H,6-8H2,1H3. The number of aliphatic hydroxyl groups is 1. The molecule has 0 spiro atoms. The minimum absolute atomic E-state index is 0.290. The molecule has 0 heterocycles. The van der Waals surface area contributed by atoms with Gasteiger partial charge in [0.05, 0.1) is 6.10 Å². The molecule has 0 aromatic heterocycles. The zero-order valence-electron chi connectivity index (χ0n) is 8.44.